The van der Waals surface area contributed by atoms with Crippen LogP contribution in [0.3, 0.4) is 0 Å². The van der Waals surface area contributed by atoms with Gasteiger partial charge in [-0.2, -0.15) is 5.10 Å². The number of carbonyl (C=O) groups is 1. The normalized spacial score (nSPS) is 11.7. The number of ether oxygens (including phenoxy) is 1. The van der Waals surface area contributed by atoms with E-state index in [4.69, 9.17) is 16.9 Å². The standard InChI is InChI=1S/C17H18N4O2.ClH/c1-3-11-9-13-14(19-10-11)6-5-12-15(13)20-21(8-7-18)16(12)17(22)23-4-2;/h1,9-10H,4-8,18H2,2H3;1H. The highest BCUT2D eigenvalue weighted by atomic mass is 35.5. The third-order valence-electron chi connectivity index (χ3n) is 3.86. The van der Waals surface area contributed by atoms with Crippen LogP contribution in [0, 0.1) is 12.3 Å². The Bertz CT molecular complexity index is 808. The van der Waals surface area contributed by atoms with Gasteiger partial charge in [-0.05, 0) is 25.8 Å². The van der Waals surface area contributed by atoms with Crippen molar-refractivity contribution in [3.05, 3.63) is 34.8 Å². The van der Waals surface area contributed by atoms with Crippen LogP contribution in [0.15, 0.2) is 12.3 Å². The lowest BCUT2D eigenvalue weighted by atomic mass is 9.91. The molecule has 0 atom stereocenters. The molecule has 0 unspecified atom stereocenters. The molecule has 2 aromatic heterocycles. The Hall–Kier alpha value is -2.36. The van der Waals surface area contributed by atoms with Crippen LogP contribution in [0.25, 0.3) is 11.3 Å². The fourth-order valence-corrected chi connectivity index (χ4v) is 2.88. The Morgan fingerprint density at radius 2 is 2.29 bits per heavy atom. The monoisotopic (exact) mass is 346 g/mol. The molecule has 0 spiro atoms. The van der Waals surface area contributed by atoms with Crippen molar-refractivity contribution in [1.82, 2.24) is 14.8 Å². The van der Waals surface area contributed by atoms with Gasteiger partial charge < -0.3 is 10.5 Å². The maximum Gasteiger partial charge on any atom is 0.356 e. The van der Waals surface area contributed by atoms with Crippen LogP contribution in [0.4, 0.5) is 0 Å². The average molecular weight is 347 g/mol. The first kappa shape index (κ1) is 18.0. The van der Waals surface area contributed by atoms with Crippen LogP contribution in [-0.4, -0.2) is 33.9 Å². The lowest BCUT2D eigenvalue weighted by molar-refractivity contribution is 0.0510. The van der Waals surface area contributed by atoms with Crippen molar-refractivity contribution in [3.8, 4) is 23.6 Å². The molecule has 0 saturated carbocycles. The first-order valence-electron chi connectivity index (χ1n) is 7.62. The van der Waals surface area contributed by atoms with Crippen LogP contribution < -0.4 is 5.73 Å². The molecule has 0 aliphatic heterocycles. The Morgan fingerprint density at radius 3 is 2.96 bits per heavy atom. The number of hydrogen-bond acceptors (Lipinski definition) is 5. The van der Waals surface area contributed by atoms with Crippen LogP contribution in [0.2, 0.25) is 0 Å². The number of nitrogens with two attached hydrogens (primary N) is 1. The fourth-order valence-electron chi connectivity index (χ4n) is 2.88. The highest BCUT2D eigenvalue weighted by Gasteiger charge is 2.29. The molecule has 2 aromatic rings. The molecule has 3 rings (SSSR count). The Balaban J connectivity index is 0.00000208. The number of fused-ring (bicyclic) bond motifs is 3. The number of hydrogen-bond donors (Lipinski definition) is 1. The van der Waals surface area contributed by atoms with Crippen molar-refractivity contribution in [2.24, 2.45) is 5.73 Å². The molecule has 24 heavy (non-hydrogen) atoms. The smallest absolute Gasteiger partial charge is 0.356 e. The zero-order chi connectivity index (χ0) is 16.4. The van der Waals surface area contributed by atoms with Gasteiger partial charge in [0.05, 0.1) is 24.5 Å². The van der Waals surface area contributed by atoms with Gasteiger partial charge in [0.2, 0.25) is 0 Å². The number of carbonyl (C=O) groups excluding carboxylic acids is 1. The quantitative estimate of drug-likeness (QED) is 0.671. The lowest BCUT2D eigenvalue weighted by Crippen LogP contribution is -2.19. The van der Waals surface area contributed by atoms with Crippen molar-refractivity contribution >= 4 is 18.4 Å². The zero-order valence-corrected chi connectivity index (χ0v) is 14.2. The molecule has 7 heteroatoms. The van der Waals surface area contributed by atoms with E-state index in [0.29, 0.717) is 37.4 Å². The number of pyridine rings is 1. The fraction of sp³-hybridized carbons (Fsp3) is 0.353. The van der Waals surface area contributed by atoms with E-state index in [0.717, 1.165) is 28.9 Å². The summed E-state index contributed by atoms with van der Waals surface area (Å²) in [7, 11) is 0. The van der Waals surface area contributed by atoms with E-state index in [-0.39, 0.29) is 18.4 Å². The highest BCUT2D eigenvalue weighted by molar-refractivity contribution is 5.92. The largest absolute Gasteiger partial charge is 0.461 e. The summed E-state index contributed by atoms with van der Waals surface area (Å²) in [6, 6.07) is 1.90. The van der Waals surface area contributed by atoms with E-state index in [9.17, 15) is 4.79 Å². The SMILES string of the molecule is C#Cc1cnc2c(c1)-c1nn(CCN)c(C(=O)OCC)c1CC2.Cl. The van der Waals surface area contributed by atoms with E-state index in [1.807, 2.05) is 6.07 Å². The molecule has 0 saturated heterocycles. The summed E-state index contributed by atoms with van der Waals surface area (Å²) in [6.45, 7) is 2.95. The topological polar surface area (TPSA) is 83.0 Å². The van der Waals surface area contributed by atoms with Crippen molar-refractivity contribution < 1.29 is 9.53 Å². The second kappa shape index (κ2) is 7.47. The van der Waals surface area contributed by atoms with E-state index < -0.39 is 0 Å². The van der Waals surface area contributed by atoms with Crippen molar-refractivity contribution in [2.45, 2.75) is 26.3 Å². The minimum atomic E-state index is -0.362. The average Bonchev–Trinajstić information content (AvgIpc) is 2.93. The van der Waals surface area contributed by atoms with E-state index in [1.54, 1.807) is 17.8 Å². The number of aryl methyl sites for hydroxylation is 1. The molecule has 126 valence electrons. The third-order valence-corrected chi connectivity index (χ3v) is 3.86. The Morgan fingerprint density at radius 1 is 1.50 bits per heavy atom. The summed E-state index contributed by atoms with van der Waals surface area (Å²) in [6.07, 6.45) is 8.60. The van der Waals surface area contributed by atoms with Gasteiger partial charge in [-0.3, -0.25) is 9.67 Å². The maximum absolute atomic E-state index is 12.3. The minimum absolute atomic E-state index is 0. The number of rotatable bonds is 4. The van der Waals surface area contributed by atoms with Gasteiger partial charge in [-0.25, -0.2) is 4.79 Å². The summed E-state index contributed by atoms with van der Waals surface area (Å²) >= 11 is 0. The van der Waals surface area contributed by atoms with Crippen LogP contribution in [-0.2, 0) is 24.1 Å². The molecule has 2 N–H and O–H groups in total. The second-order valence-corrected chi connectivity index (χ2v) is 5.27. The predicted octanol–water partition coefficient (Wildman–Crippen LogP) is 1.58. The molecule has 0 fully saturated rings. The Kier molecular flexibility index (Phi) is 5.60. The number of esters is 1. The molecular weight excluding hydrogens is 328 g/mol. The maximum atomic E-state index is 12.3. The predicted molar refractivity (Wildman–Crippen MR) is 93.1 cm³/mol. The van der Waals surface area contributed by atoms with Crippen LogP contribution in [0.1, 0.15) is 34.2 Å². The Labute approximate surface area is 146 Å². The summed E-state index contributed by atoms with van der Waals surface area (Å²) in [5, 5.41) is 4.59. The molecule has 1 aliphatic carbocycles. The van der Waals surface area contributed by atoms with Gasteiger partial charge in [0.1, 0.15) is 5.69 Å². The third kappa shape index (κ3) is 3.01. The van der Waals surface area contributed by atoms with Gasteiger partial charge in [0.25, 0.3) is 0 Å². The molecule has 6 nitrogen and oxygen atoms in total. The first-order valence-corrected chi connectivity index (χ1v) is 7.62. The van der Waals surface area contributed by atoms with Crippen LogP contribution in [0.5, 0.6) is 0 Å². The van der Waals surface area contributed by atoms with Gasteiger partial charge in [0.15, 0.2) is 0 Å². The molecule has 0 bridgehead atoms. The van der Waals surface area contributed by atoms with Gasteiger partial charge >= 0.3 is 5.97 Å². The highest BCUT2D eigenvalue weighted by Crippen LogP contribution is 2.34. The molecule has 0 aromatic carbocycles. The van der Waals surface area contributed by atoms with Gasteiger partial charge in [-0.15, -0.1) is 18.8 Å². The lowest BCUT2D eigenvalue weighted by Gasteiger charge is -2.15. The number of aromatic nitrogens is 3. The van der Waals surface area contributed by atoms with Gasteiger partial charge in [0, 0.05) is 29.4 Å². The first-order chi connectivity index (χ1) is 11.2. The molecule has 1 aliphatic rings. The van der Waals surface area contributed by atoms with E-state index in [1.165, 1.54) is 0 Å². The minimum Gasteiger partial charge on any atom is -0.461 e. The van der Waals surface area contributed by atoms with Gasteiger partial charge in [-0.1, -0.05) is 5.92 Å². The zero-order valence-electron chi connectivity index (χ0n) is 13.4. The molecular formula is C17H19ClN4O2. The van der Waals surface area contributed by atoms with E-state index >= 15 is 0 Å². The summed E-state index contributed by atoms with van der Waals surface area (Å²) < 4.78 is 6.82. The number of terminal acetylenes is 1. The molecule has 0 amide bonds. The van der Waals surface area contributed by atoms with Crippen molar-refractivity contribution in [1.29, 1.82) is 0 Å². The van der Waals surface area contributed by atoms with Crippen LogP contribution >= 0.6 is 12.4 Å². The summed E-state index contributed by atoms with van der Waals surface area (Å²) in [5.41, 5.74) is 10.3. The van der Waals surface area contributed by atoms with Crippen molar-refractivity contribution in [3.63, 3.8) is 0 Å². The number of halogens is 1. The second-order valence-electron chi connectivity index (χ2n) is 5.27. The van der Waals surface area contributed by atoms with E-state index in [2.05, 4.69) is 16.0 Å². The summed E-state index contributed by atoms with van der Waals surface area (Å²) in [5.74, 6) is 2.23. The molecule has 0 radical (unpaired) electrons. The number of nitrogens with zero attached hydrogens (tertiary/aromatic N) is 3. The summed E-state index contributed by atoms with van der Waals surface area (Å²) in [4.78, 5) is 16.8. The van der Waals surface area contributed by atoms with Crippen molar-refractivity contribution in [2.75, 3.05) is 13.2 Å². The molecule has 2 heterocycles.